The molecule has 114 valence electrons. The lowest BCUT2D eigenvalue weighted by Crippen LogP contribution is -2.14. The zero-order valence-electron chi connectivity index (χ0n) is 12.4. The lowest BCUT2D eigenvalue weighted by Gasteiger charge is -2.05. The molecule has 0 fully saturated rings. The minimum Gasteiger partial charge on any atom is -0.300 e. The van der Waals surface area contributed by atoms with Crippen LogP contribution in [0.1, 0.15) is 16.7 Å². The van der Waals surface area contributed by atoms with Crippen molar-refractivity contribution in [2.75, 3.05) is 0 Å². The van der Waals surface area contributed by atoms with Crippen LogP contribution in [0.4, 0.5) is 0 Å². The van der Waals surface area contributed by atoms with Gasteiger partial charge in [0.25, 0.3) is 5.56 Å². The summed E-state index contributed by atoms with van der Waals surface area (Å²) in [6.45, 7) is 2.05. The van der Waals surface area contributed by atoms with Gasteiger partial charge in [-0.05, 0) is 23.9 Å². The fraction of sp³-hybridized carbons (Fsp3) is 0.118. The second-order valence-corrected chi connectivity index (χ2v) is 6.87. The van der Waals surface area contributed by atoms with Gasteiger partial charge in [0.05, 0.1) is 4.88 Å². The van der Waals surface area contributed by atoms with Gasteiger partial charge in [-0.3, -0.25) is 4.79 Å². The number of nitriles is 1. The van der Waals surface area contributed by atoms with Gasteiger partial charge in [0.1, 0.15) is 17.3 Å². The Morgan fingerprint density at radius 1 is 1.35 bits per heavy atom. The van der Waals surface area contributed by atoms with Crippen molar-refractivity contribution < 1.29 is 0 Å². The molecule has 0 aliphatic carbocycles. The Kier molecular flexibility index (Phi) is 4.60. The number of thioether (sulfide) groups is 1. The summed E-state index contributed by atoms with van der Waals surface area (Å²) in [7, 11) is 0. The van der Waals surface area contributed by atoms with Crippen molar-refractivity contribution in [2.24, 2.45) is 0 Å². The molecule has 23 heavy (non-hydrogen) atoms. The van der Waals surface area contributed by atoms with Crippen molar-refractivity contribution in [1.29, 1.82) is 5.26 Å². The van der Waals surface area contributed by atoms with Gasteiger partial charge in [0, 0.05) is 5.75 Å². The molecule has 1 N–H and O–H groups in total. The maximum Gasteiger partial charge on any atom is 0.270 e. The smallest absolute Gasteiger partial charge is 0.270 e. The predicted molar refractivity (Wildman–Crippen MR) is 93.6 cm³/mol. The van der Waals surface area contributed by atoms with E-state index in [2.05, 4.69) is 16.0 Å². The molecule has 6 heteroatoms. The van der Waals surface area contributed by atoms with Crippen LogP contribution in [0.2, 0.25) is 0 Å². The molecule has 2 aromatic heterocycles. The first kappa shape index (κ1) is 15.5. The first-order valence-corrected chi connectivity index (χ1v) is 8.80. The summed E-state index contributed by atoms with van der Waals surface area (Å²) in [6.07, 6.45) is 0. The number of thiophene rings is 1. The molecule has 3 rings (SSSR count). The van der Waals surface area contributed by atoms with Crippen molar-refractivity contribution >= 4 is 23.1 Å². The molecule has 0 saturated carbocycles. The normalized spacial score (nSPS) is 10.4. The highest BCUT2D eigenvalue weighted by molar-refractivity contribution is 7.98. The van der Waals surface area contributed by atoms with Crippen molar-refractivity contribution in [2.45, 2.75) is 17.8 Å². The second-order valence-electron chi connectivity index (χ2n) is 4.96. The Morgan fingerprint density at radius 2 is 2.22 bits per heavy atom. The number of hydrogen-bond donors (Lipinski definition) is 1. The quantitative estimate of drug-likeness (QED) is 0.577. The Bertz CT molecular complexity index is 924. The van der Waals surface area contributed by atoms with E-state index in [-0.39, 0.29) is 5.56 Å². The van der Waals surface area contributed by atoms with Crippen molar-refractivity contribution in [3.63, 3.8) is 0 Å². The summed E-state index contributed by atoms with van der Waals surface area (Å²) < 4.78 is 0. The van der Waals surface area contributed by atoms with Crippen LogP contribution in [0.5, 0.6) is 0 Å². The zero-order valence-corrected chi connectivity index (χ0v) is 14.0. The SMILES string of the molecule is Cc1cccc(CSc2nc(-c3cccs3)c(C#N)c(=O)[nH]2)c1. The molecular formula is C17H13N3OS2. The summed E-state index contributed by atoms with van der Waals surface area (Å²) in [5.74, 6) is 0.709. The van der Waals surface area contributed by atoms with Crippen molar-refractivity contribution in [3.8, 4) is 16.6 Å². The summed E-state index contributed by atoms with van der Waals surface area (Å²) >= 11 is 2.92. The van der Waals surface area contributed by atoms with E-state index in [4.69, 9.17) is 0 Å². The van der Waals surface area contributed by atoms with Crippen LogP contribution in [-0.2, 0) is 5.75 Å². The first-order chi connectivity index (χ1) is 11.2. The van der Waals surface area contributed by atoms with Crippen LogP contribution in [-0.4, -0.2) is 9.97 Å². The maximum absolute atomic E-state index is 12.1. The summed E-state index contributed by atoms with van der Waals surface area (Å²) in [4.78, 5) is 20.1. The predicted octanol–water partition coefficient (Wildman–Crippen LogP) is 3.97. The maximum atomic E-state index is 12.1. The van der Waals surface area contributed by atoms with Gasteiger partial charge in [0.15, 0.2) is 5.16 Å². The number of rotatable bonds is 4. The monoisotopic (exact) mass is 339 g/mol. The van der Waals surface area contributed by atoms with E-state index in [0.717, 1.165) is 4.88 Å². The Balaban J connectivity index is 1.92. The Morgan fingerprint density at radius 3 is 2.91 bits per heavy atom. The fourth-order valence-electron chi connectivity index (χ4n) is 2.17. The number of hydrogen-bond acceptors (Lipinski definition) is 5. The first-order valence-electron chi connectivity index (χ1n) is 6.94. The molecule has 0 radical (unpaired) electrons. The van der Waals surface area contributed by atoms with Crippen LogP contribution in [0.15, 0.2) is 51.7 Å². The molecule has 4 nitrogen and oxygen atoms in total. The van der Waals surface area contributed by atoms with Gasteiger partial charge in [-0.15, -0.1) is 11.3 Å². The lowest BCUT2D eigenvalue weighted by atomic mass is 10.2. The molecule has 0 amide bonds. The Labute approximate surface area is 141 Å². The highest BCUT2D eigenvalue weighted by Crippen LogP contribution is 2.27. The standard InChI is InChI=1S/C17H13N3OS2/c1-11-4-2-5-12(8-11)10-23-17-19-15(14-6-3-7-22-14)13(9-18)16(21)20-17/h2-8H,10H2,1H3,(H,19,20,21). The number of aromatic amines is 1. The highest BCUT2D eigenvalue weighted by atomic mass is 32.2. The van der Waals surface area contributed by atoms with E-state index in [1.807, 2.05) is 48.7 Å². The van der Waals surface area contributed by atoms with E-state index in [0.29, 0.717) is 16.6 Å². The van der Waals surface area contributed by atoms with Gasteiger partial charge >= 0.3 is 0 Å². The number of aryl methyl sites for hydroxylation is 1. The largest absolute Gasteiger partial charge is 0.300 e. The third-order valence-electron chi connectivity index (χ3n) is 3.22. The third kappa shape index (κ3) is 3.52. The summed E-state index contributed by atoms with van der Waals surface area (Å²) in [5, 5.41) is 11.6. The molecule has 0 bridgehead atoms. The second kappa shape index (κ2) is 6.82. The molecular weight excluding hydrogens is 326 g/mol. The molecule has 0 atom stereocenters. The molecule has 0 unspecified atom stereocenters. The average Bonchev–Trinajstić information content (AvgIpc) is 3.07. The van der Waals surface area contributed by atoms with Gasteiger partial charge < -0.3 is 4.98 Å². The van der Waals surface area contributed by atoms with Gasteiger partial charge in [0.2, 0.25) is 0 Å². The number of aromatic nitrogens is 2. The average molecular weight is 339 g/mol. The summed E-state index contributed by atoms with van der Waals surface area (Å²) in [6, 6.07) is 13.9. The van der Waals surface area contributed by atoms with Crippen LogP contribution in [0.25, 0.3) is 10.6 Å². The van der Waals surface area contributed by atoms with E-state index in [1.54, 1.807) is 0 Å². The zero-order chi connectivity index (χ0) is 16.2. The highest BCUT2D eigenvalue weighted by Gasteiger charge is 2.14. The molecule has 1 aromatic carbocycles. The molecule has 2 heterocycles. The van der Waals surface area contributed by atoms with Crippen LogP contribution in [0.3, 0.4) is 0 Å². The van der Waals surface area contributed by atoms with Gasteiger partial charge in [-0.1, -0.05) is 47.7 Å². The van der Waals surface area contributed by atoms with Crippen molar-refractivity contribution in [1.82, 2.24) is 9.97 Å². The molecule has 0 saturated heterocycles. The van der Waals surface area contributed by atoms with Crippen LogP contribution < -0.4 is 5.56 Å². The lowest BCUT2D eigenvalue weighted by molar-refractivity contribution is 0.936. The molecule has 3 aromatic rings. The number of nitrogens with zero attached hydrogens (tertiary/aromatic N) is 2. The fourth-order valence-corrected chi connectivity index (χ4v) is 3.69. The minimum absolute atomic E-state index is 0.0624. The third-order valence-corrected chi connectivity index (χ3v) is 5.04. The summed E-state index contributed by atoms with van der Waals surface area (Å²) in [5.41, 5.74) is 2.49. The molecule has 0 spiro atoms. The number of H-pyrrole nitrogens is 1. The van der Waals surface area contributed by atoms with Crippen molar-refractivity contribution in [3.05, 3.63) is 68.8 Å². The van der Waals surface area contributed by atoms with Gasteiger partial charge in [-0.2, -0.15) is 5.26 Å². The van der Waals surface area contributed by atoms with Crippen LogP contribution >= 0.6 is 23.1 Å². The topological polar surface area (TPSA) is 69.5 Å². The molecule has 0 aliphatic rings. The van der Waals surface area contributed by atoms with Gasteiger partial charge in [-0.25, -0.2) is 4.98 Å². The van der Waals surface area contributed by atoms with E-state index in [9.17, 15) is 10.1 Å². The van der Waals surface area contributed by atoms with E-state index < -0.39 is 5.56 Å². The van der Waals surface area contributed by atoms with Crippen LogP contribution in [0, 0.1) is 18.3 Å². The number of nitrogens with one attached hydrogen (secondary N) is 1. The van der Waals surface area contributed by atoms with E-state index in [1.165, 1.54) is 34.2 Å². The minimum atomic E-state index is -0.391. The Hall–Kier alpha value is -2.36. The molecule has 0 aliphatic heterocycles. The van der Waals surface area contributed by atoms with E-state index >= 15 is 0 Å². The number of benzene rings is 1.